The highest BCUT2D eigenvalue weighted by Gasteiger charge is 2.24. The van der Waals surface area contributed by atoms with Gasteiger partial charge in [-0.15, -0.1) is 0 Å². The maximum atomic E-state index is 12.4. The lowest BCUT2D eigenvalue weighted by Crippen LogP contribution is -2.19. The molecule has 32 heavy (non-hydrogen) atoms. The van der Waals surface area contributed by atoms with Gasteiger partial charge >= 0.3 is 0 Å². The average Bonchev–Trinajstić information content (AvgIpc) is 3.10. The van der Waals surface area contributed by atoms with Gasteiger partial charge in [0.15, 0.2) is 5.17 Å². The third-order valence-electron chi connectivity index (χ3n) is 4.70. The lowest BCUT2D eigenvalue weighted by atomic mass is 10.2. The lowest BCUT2D eigenvalue weighted by Gasteiger charge is -2.08. The molecule has 0 aliphatic carbocycles. The summed E-state index contributed by atoms with van der Waals surface area (Å²) in [6, 6.07) is 18.3. The van der Waals surface area contributed by atoms with Gasteiger partial charge in [0, 0.05) is 20.6 Å². The normalized spacial score (nSPS) is 15.9. The predicted octanol–water partition coefficient (Wildman–Crippen LogP) is 7.43. The van der Waals surface area contributed by atoms with Crippen LogP contribution in [0, 0.1) is 6.92 Å². The van der Waals surface area contributed by atoms with Gasteiger partial charge in [0.05, 0.1) is 10.6 Å². The van der Waals surface area contributed by atoms with E-state index < -0.39 is 0 Å². The minimum atomic E-state index is -0.189. The van der Waals surface area contributed by atoms with E-state index in [1.807, 2.05) is 61.5 Å². The van der Waals surface area contributed by atoms with Crippen molar-refractivity contribution in [3.63, 3.8) is 0 Å². The van der Waals surface area contributed by atoms with E-state index in [1.54, 1.807) is 12.1 Å². The van der Waals surface area contributed by atoms with Crippen molar-refractivity contribution in [3.8, 4) is 5.75 Å². The van der Waals surface area contributed by atoms with E-state index in [-0.39, 0.29) is 5.91 Å². The highest BCUT2D eigenvalue weighted by Crippen LogP contribution is 2.31. The van der Waals surface area contributed by atoms with Crippen LogP contribution >= 0.6 is 46.6 Å². The molecule has 1 aliphatic rings. The number of nitrogens with one attached hydrogen (secondary N) is 1. The van der Waals surface area contributed by atoms with Crippen molar-refractivity contribution in [2.45, 2.75) is 13.5 Å². The number of thioether (sulfide) groups is 1. The summed E-state index contributed by atoms with van der Waals surface area (Å²) in [5.41, 5.74) is 3.32. The van der Waals surface area contributed by atoms with Gasteiger partial charge in [-0.3, -0.25) is 4.79 Å². The molecule has 0 unspecified atom stereocenters. The minimum absolute atomic E-state index is 0.189. The third kappa shape index (κ3) is 5.48. The number of ether oxygens (including phenoxy) is 1. The Bertz CT molecular complexity index is 1240. The van der Waals surface area contributed by atoms with Crippen molar-refractivity contribution < 1.29 is 9.53 Å². The molecule has 162 valence electrons. The zero-order valence-corrected chi connectivity index (χ0v) is 19.9. The molecule has 1 aliphatic heterocycles. The maximum Gasteiger partial charge on any atom is 0.264 e. The number of rotatable bonds is 5. The first-order chi connectivity index (χ1) is 15.4. The second kappa shape index (κ2) is 10.0. The van der Waals surface area contributed by atoms with Gasteiger partial charge in [-0.25, -0.2) is 4.99 Å². The predicted molar refractivity (Wildman–Crippen MR) is 134 cm³/mol. The van der Waals surface area contributed by atoms with Gasteiger partial charge in [-0.1, -0.05) is 59.1 Å². The molecular weight excluding hydrogens is 487 g/mol. The Morgan fingerprint density at radius 3 is 2.56 bits per heavy atom. The molecule has 1 heterocycles. The number of halogens is 3. The van der Waals surface area contributed by atoms with Gasteiger partial charge in [0.1, 0.15) is 12.4 Å². The van der Waals surface area contributed by atoms with Crippen molar-refractivity contribution in [2.24, 2.45) is 4.99 Å². The standard InChI is InChI=1S/C24H17Cl3N2O2S/c1-14-19(26)3-2-4-21(14)28-24-29-23(30)22(32-24)11-15-5-9-18(10-6-15)31-13-16-7-8-17(25)12-20(16)27/h2-12H,13H2,1H3,(H,28,29,30)/b22-11+. The molecule has 0 aromatic heterocycles. The molecule has 1 N–H and O–H groups in total. The number of aliphatic imine (C=N–C) groups is 1. The van der Waals surface area contributed by atoms with Gasteiger partial charge in [0.2, 0.25) is 0 Å². The number of benzene rings is 3. The third-order valence-corrected chi connectivity index (χ3v) is 6.61. The number of carbonyl (C=O) groups is 1. The summed E-state index contributed by atoms with van der Waals surface area (Å²) in [6.45, 7) is 2.22. The summed E-state index contributed by atoms with van der Waals surface area (Å²) >= 11 is 19.5. The number of amides is 1. The summed E-state index contributed by atoms with van der Waals surface area (Å²) in [4.78, 5) is 17.4. The largest absolute Gasteiger partial charge is 0.489 e. The summed E-state index contributed by atoms with van der Waals surface area (Å²) < 4.78 is 5.80. The van der Waals surface area contributed by atoms with Crippen molar-refractivity contribution >= 4 is 69.4 Å². The molecule has 3 aromatic carbocycles. The highest BCUT2D eigenvalue weighted by atomic mass is 35.5. The minimum Gasteiger partial charge on any atom is -0.489 e. The smallest absolute Gasteiger partial charge is 0.264 e. The van der Waals surface area contributed by atoms with Crippen LogP contribution < -0.4 is 10.1 Å². The molecule has 8 heteroatoms. The average molecular weight is 504 g/mol. The molecule has 3 aromatic rings. The second-order valence-electron chi connectivity index (χ2n) is 6.96. The number of carbonyl (C=O) groups excluding carboxylic acids is 1. The lowest BCUT2D eigenvalue weighted by molar-refractivity contribution is -0.115. The van der Waals surface area contributed by atoms with Gasteiger partial charge in [-0.05, 0) is 72.3 Å². The van der Waals surface area contributed by atoms with Crippen LogP contribution in [-0.4, -0.2) is 11.1 Å². The van der Waals surface area contributed by atoms with Crippen LogP contribution in [0.15, 0.2) is 70.6 Å². The first kappa shape index (κ1) is 22.7. The van der Waals surface area contributed by atoms with E-state index in [1.165, 1.54) is 11.8 Å². The number of hydrogen-bond acceptors (Lipinski definition) is 4. The molecule has 0 atom stereocenters. The fraction of sp³-hybridized carbons (Fsp3) is 0.0833. The molecule has 4 rings (SSSR count). The monoisotopic (exact) mass is 502 g/mol. The Morgan fingerprint density at radius 1 is 1.03 bits per heavy atom. The molecular formula is C24H17Cl3N2O2S. The Hall–Kier alpha value is -2.44. The molecule has 1 amide bonds. The fourth-order valence-corrected chi connectivity index (χ4v) is 4.39. The molecule has 1 fully saturated rings. The van der Waals surface area contributed by atoms with Gasteiger partial charge < -0.3 is 10.1 Å². The van der Waals surface area contributed by atoms with Crippen LogP contribution in [0.1, 0.15) is 16.7 Å². The topological polar surface area (TPSA) is 50.7 Å². The molecule has 4 nitrogen and oxygen atoms in total. The van der Waals surface area contributed by atoms with Crippen LogP contribution in [0.5, 0.6) is 5.75 Å². The van der Waals surface area contributed by atoms with E-state index in [0.29, 0.717) is 37.5 Å². The zero-order chi connectivity index (χ0) is 22.7. The van der Waals surface area contributed by atoms with Crippen molar-refractivity contribution in [1.82, 2.24) is 5.32 Å². The Balaban J connectivity index is 1.43. The fourth-order valence-electron chi connectivity index (χ4n) is 2.92. The molecule has 1 saturated heterocycles. The number of amidine groups is 1. The van der Waals surface area contributed by atoms with E-state index >= 15 is 0 Å². The molecule has 0 spiro atoms. The van der Waals surface area contributed by atoms with E-state index in [4.69, 9.17) is 39.5 Å². The zero-order valence-electron chi connectivity index (χ0n) is 16.9. The highest BCUT2D eigenvalue weighted by molar-refractivity contribution is 8.18. The van der Waals surface area contributed by atoms with Crippen molar-refractivity contribution in [1.29, 1.82) is 0 Å². The molecule has 0 radical (unpaired) electrons. The van der Waals surface area contributed by atoms with E-state index in [2.05, 4.69) is 10.3 Å². The second-order valence-corrected chi connectivity index (χ2v) is 9.24. The number of nitrogens with zero attached hydrogens (tertiary/aromatic N) is 1. The van der Waals surface area contributed by atoms with Crippen LogP contribution in [0.3, 0.4) is 0 Å². The van der Waals surface area contributed by atoms with Gasteiger partial charge in [-0.2, -0.15) is 0 Å². The Labute approximate surface area is 205 Å². The van der Waals surface area contributed by atoms with Crippen molar-refractivity contribution in [3.05, 3.63) is 97.3 Å². The number of hydrogen-bond donors (Lipinski definition) is 1. The first-order valence-electron chi connectivity index (χ1n) is 9.60. The summed E-state index contributed by atoms with van der Waals surface area (Å²) in [5, 5.41) is 5.10. The first-order valence-corrected chi connectivity index (χ1v) is 11.6. The van der Waals surface area contributed by atoms with Crippen LogP contribution in [0.2, 0.25) is 15.1 Å². The van der Waals surface area contributed by atoms with Crippen LogP contribution in [-0.2, 0) is 11.4 Å². The summed E-state index contributed by atoms with van der Waals surface area (Å²) in [7, 11) is 0. The molecule has 0 bridgehead atoms. The van der Waals surface area contributed by atoms with Crippen molar-refractivity contribution in [2.75, 3.05) is 0 Å². The van der Waals surface area contributed by atoms with E-state index in [9.17, 15) is 4.79 Å². The quantitative estimate of drug-likeness (QED) is 0.368. The SMILES string of the molecule is Cc1c(Cl)cccc1N=C1NC(=O)/C(=C\c2ccc(OCc3ccc(Cl)cc3Cl)cc2)S1. The Morgan fingerprint density at radius 2 is 1.81 bits per heavy atom. The maximum absolute atomic E-state index is 12.4. The summed E-state index contributed by atoms with van der Waals surface area (Å²) in [5.74, 6) is 0.506. The van der Waals surface area contributed by atoms with E-state index in [0.717, 1.165) is 22.4 Å². The molecule has 0 saturated carbocycles. The Kier molecular flexibility index (Phi) is 7.11. The van der Waals surface area contributed by atoms with Gasteiger partial charge in [0.25, 0.3) is 5.91 Å². The van der Waals surface area contributed by atoms with Crippen LogP contribution in [0.4, 0.5) is 5.69 Å². The van der Waals surface area contributed by atoms with Crippen LogP contribution in [0.25, 0.3) is 6.08 Å². The summed E-state index contributed by atoms with van der Waals surface area (Å²) in [6.07, 6.45) is 1.81.